The van der Waals surface area contributed by atoms with Gasteiger partial charge in [-0.3, -0.25) is 0 Å². The van der Waals surface area contributed by atoms with Crippen molar-refractivity contribution in [1.82, 2.24) is 0 Å². The molecule has 1 unspecified atom stereocenters. The van der Waals surface area contributed by atoms with Gasteiger partial charge in [0.05, 0.1) is 0 Å². The predicted molar refractivity (Wildman–Crippen MR) is 29.4 cm³/mol. The Kier molecular flexibility index (Phi) is 10.0. The first-order chi connectivity index (χ1) is 2.81. The van der Waals surface area contributed by atoms with E-state index in [9.17, 15) is 0 Å². The van der Waals surface area contributed by atoms with Crippen molar-refractivity contribution in [2.45, 2.75) is 26.7 Å². The topological polar surface area (TPSA) is 0 Å². The van der Waals surface area contributed by atoms with Crippen LogP contribution in [0.2, 0.25) is 0 Å². The molecule has 0 spiro atoms. The van der Waals surface area contributed by atoms with Crippen LogP contribution >= 0.6 is 0 Å². The number of hydrogen-bond acceptors (Lipinski definition) is 0. The average molecular weight is 151 g/mol. The third-order valence-corrected chi connectivity index (χ3v) is 1.19. The molecule has 0 rings (SSSR count). The van der Waals surface area contributed by atoms with Crippen molar-refractivity contribution in [1.29, 1.82) is 0 Å². The Labute approximate surface area is 59.4 Å². The van der Waals surface area contributed by atoms with Crippen LogP contribution in [0.4, 0.5) is 0 Å². The summed E-state index contributed by atoms with van der Waals surface area (Å²) in [7, 11) is 0. The summed E-state index contributed by atoms with van der Waals surface area (Å²) >= 11 is 0. The van der Waals surface area contributed by atoms with Crippen LogP contribution in [0.3, 0.4) is 0 Å². The van der Waals surface area contributed by atoms with E-state index in [1.54, 1.807) is 0 Å². The van der Waals surface area contributed by atoms with Crippen LogP contribution in [0.1, 0.15) is 26.7 Å². The van der Waals surface area contributed by atoms with Crippen molar-refractivity contribution >= 4 is 0 Å². The second-order valence-corrected chi connectivity index (χ2v) is 1.80. The monoisotopic (exact) mass is 149 g/mol. The van der Waals surface area contributed by atoms with Gasteiger partial charge in [-0.1, -0.05) is 26.2 Å². The maximum atomic E-state index is 3.76. The molecule has 0 heterocycles. The molecule has 0 aliphatic rings. The SMILES string of the molecule is [CH2-]CC(C)CC.[Zn]. The predicted octanol–water partition coefficient (Wildman–Crippen LogP) is 2.25. The fraction of sp³-hybridized carbons (Fsp3) is 0.833. The fourth-order valence-corrected chi connectivity index (χ4v) is 0.204. The van der Waals surface area contributed by atoms with Crippen LogP contribution in [0, 0.1) is 12.8 Å². The molecule has 7 heavy (non-hydrogen) atoms. The van der Waals surface area contributed by atoms with Gasteiger partial charge in [-0.15, -0.1) is 0 Å². The molecular weight excluding hydrogens is 137 g/mol. The van der Waals surface area contributed by atoms with E-state index in [-0.39, 0.29) is 19.5 Å². The molecule has 1 heteroatoms. The van der Waals surface area contributed by atoms with Gasteiger partial charge < -0.3 is 6.92 Å². The molecule has 1 atom stereocenters. The summed E-state index contributed by atoms with van der Waals surface area (Å²) in [6.07, 6.45) is 2.35. The zero-order valence-electron chi connectivity index (χ0n) is 5.41. The Balaban J connectivity index is 0. The minimum Gasteiger partial charge on any atom is -0.343 e. The summed E-state index contributed by atoms with van der Waals surface area (Å²) in [5.41, 5.74) is 0. The van der Waals surface area contributed by atoms with Crippen molar-refractivity contribution in [3.8, 4) is 0 Å². The third-order valence-electron chi connectivity index (χ3n) is 1.19. The van der Waals surface area contributed by atoms with Crippen molar-refractivity contribution in [3.05, 3.63) is 6.92 Å². The van der Waals surface area contributed by atoms with E-state index in [2.05, 4.69) is 20.8 Å². The fourth-order valence-electron chi connectivity index (χ4n) is 0.204. The van der Waals surface area contributed by atoms with Gasteiger partial charge in [-0.25, -0.2) is 0 Å². The molecule has 40 valence electrons. The minimum atomic E-state index is 0. The summed E-state index contributed by atoms with van der Waals surface area (Å²) in [5.74, 6) is 0.824. The molecule has 0 saturated carbocycles. The largest absolute Gasteiger partial charge is 0.343 e. The Morgan fingerprint density at radius 3 is 2.00 bits per heavy atom. The number of rotatable bonds is 2. The van der Waals surface area contributed by atoms with Crippen molar-refractivity contribution in [2.75, 3.05) is 0 Å². The van der Waals surface area contributed by atoms with E-state index < -0.39 is 0 Å². The van der Waals surface area contributed by atoms with E-state index in [1.807, 2.05) is 0 Å². The van der Waals surface area contributed by atoms with Gasteiger partial charge >= 0.3 is 0 Å². The second kappa shape index (κ2) is 6.62. The van der Waals surface area contributed by atoms with Crippen LogP contribution in [0.15, 0.2) is 0 Å². The van der Waals surface area contributed by atoms with Crippen LogP contribution < -0.4 is 0 Å². The quantitative estimate of drug-likeness (QED) is 0.419. The van der Waals surface area contributed by atoms with Gasteiger partial charge in [0, 0.05) is 19.5 Å². The van der Waals surface area contributed by atoms with Crippen LogP contribution in [-0.2, 0) is 19.5 Å². The maximum Gasteiger partial charge on any atom is 0 e. The summed E-state index contributed by atoms with van der Waals surface area (Å²) in [5, 5.41) is 0. The zero-order chi connectivity index (χ0) is 4.99. The van der Waals surface area contributed by atoms with Gasteiger partial charge in [-0.05, 0) is 0 Å². The first kappa shape index (κ1) is 10.6. The van der Waals surface area contributed by atoms with Gasteiger partial charge in [0.2, 0.25) is 0 Å². The summed E-state index contributed by atoms with van der Waals surface area (Å²) < 4.78 is 0. The maximum absolute atomic E-state index is 3.76. The molecule has 0 aromatic carbocycles. The Morgan fingerprint density at radius 2 is 2.00 bits per heavy atom. The van der Waals surface area contributed by atoms with Crippen LogP contribution in [0.5, 0.6) is 0 Å². The van der Waals surface area contributed by atoms with Gasteiger partial charge in [0.1, 0.15) is 0 Å². The van der Waals surface area contributed by atoms with E-state index in [0.717, 1.165) is 12.3 Å². The minimum absolute atomic E-state index is 0. The first-order valence-corrected chi connectivity index (χ1v) is 2.60. The Morgan fingerprint density at radius 1 is 1.57 bits per heavy atom. The number of hydrogen-bond donors (Lipinski definition) is 0. The molecule has 0 aliphatic carbocycles. The van der Waals surface area contributed by atoms with Crippen LogP contribution in [0.25, 0.3) is 0 Å². The Bertz CT molecular complexity index is 23.4. The molecule has 0 aromatic heterocycles. The molecule has 0 bridgehead atoms. The zero-order valence-corrected chi connectivity index (χ0v) is 8.37. The molecule has 0 fully saturated rings. The van der Waals surface area contributed by atoms with Gasteiger partial charge in [-0.2, -0.15) is 6.42 Å². The van der Waals surface area contributed by atoms with Gasteiger partial charge in [0.15, 0.2) is 0 Å². The smallest absolute Gasteiger partial charge is 0 e. The van der Waals surface area contributed by atoms with Crippen molar-refractivity contribution < 1.29 is 19.5 Å². The van der Waals surface area contributed by atoms with Crippen molar-refractivity contribution in [3.63, 3.8) is 0 Å². The second-order valence-electron chi connectivity index (χ2n) is 1.80. The van der Waals surface area contributed by atoms with Crippen molar-refractivity contribution in [2.24, 2.45) is 5.92 Å². The van der Waals surface area contributed by atoms with E-state index in [4.69, 9.17) is 0 Å². The van der Waals surface area contributed by atoms with Crippen LogP contribution in [-0.4, -0.2) is 0 Å². The van der Waals surface area contributed by atoms with Gasteiger partial charge in [0.25, 0.3) is 0 Å². The molecule has 0 nitrogen and oxygen atoms in total. The van der Waals surface area contributed by atoms with E-state index in [0.29, 0.717) is 0 Å². The summed E-state index contributed by atoms with van der Waals surface area (Å²) in [6, 6.07) is 0. The Hall–Kier alpha value is 0.623. The molecule has 0 saturated heterocycles. The summed E-state index contributed by atoms with van der Waals surface area (Å²) in [6.45, 7) is 8.16. The normalized spacial score (nSPS) is 12.4. The summed E-state index contributed by atoms with van der Waals surface area (Å²) in [4.78, 5) is 0. The molecule has 0 amide bonds. The molecule has 0 aliphatic heterocycles. The molecule has 0 N–H and O–H groups in total. The van der Waals surface area contributed by atoms with E-state index >= 15 is 0 Å². The van der Waals surface area contributed by atoms with E-state index in [1.165, 1.54) is 6.42 Å². The average Bonchev–Trinajstić information content (AvgIpc) is 1.65. The molecule has 0 radical (unpaired) electrons. The molecule has 0 aromatic rings. The molecular formula is C6H13Zn-. The standard InChI is InChI=1S/C6H13.Zn/c1-4-6(3)5-2;/h6H,1,4-5H2,2-3H3;/q-1;. The third kappa shape index (κ3) is 6.62. The first-order valence-electron chi connectivity index (χ1n) is 2.60.